The maximum Gasteiger partial charge on any atom is 0.253 e. The number of morpholine rings is 1. The van der Waals surface area contributed by atoms with Crippen LogP contribution in [0.5, 0.6) is 5.75 Å². The number of rotatable bonds is 5. The van der Waals surface area contributed by atoms with Gasteiger partial charge >= 0.3 is 0 Å². The van der Waals surface area contributed by atoms with E-state index in [1.54, 1.807) is 18.1 Å². The van der Waals surface area contributed by atoms with Crippen molar-refractivity contribution in [3.05, 3.63) is 59.7 Å². The Hall–Kier alpha value is -2.86. The minimum absolute atomic E-state index is 0.00304. The Labute approximate surface area is 152 Å². The minimum atomic E-state index is -0.261. The molecule has 0 saturated carbocycles. The Morgan fingerprint density at radius 3 is 2.65 bits per heavy atom. The predicted molar refractivity (Wildman–Crippen MR) is 98.6 cm³/mol. The van der Waals surface area contributed by atoms with Gasteiger partial charge in [0.25, 0.3) is 11.8 Å². The third-order valence-corrected chi connectivity index (χ3v) is 4.39. The van der Waals surface area contributed by atoms with Crippen LogP contribution in [0.3, 0.4) is 0 Å². The number of ether oxygens (including phenoxy) is 2. The van der Waals surface area contributed by atoms with E-state index in [4.69, 9.17) is 9.47 Å². The molecule has 6 heteroatoms. The molecule has 1 atom stereocenters. The summed E-state index contributed by atoms with van der Waals surface area (Å²) in [5.74, 6) is 0.493. The highest BCUT2D eigenvalue weighted by atomic mass is 16.5. The maximum atomic E-state index is 12.3. The zero-order chi connectivity index (χ0) is 18.5. The molecule has 0 bridgehead atoms. The van der Waals surface area contributed by atoms with Crippen LogP contribution in [0.15, 0.2) is 48.5 Å². The molecule has 1 aliphatic rings. The fraction of sp³-hybridized carbons (Fsp3) is 0.300. The third kappa shape index (κ3) is 4.03. The molecular weight excluding hydrogens is 332 g/mol. The zero-order valence-corrected chi connectivity index (χ0v) is 14.9. The Morgan fingerprint density at radius 2 is 1.96 bits per heavy atom. The van der Waals surface area contributed by atoms with E-state index in [1.807, 2.05) is 49.4 Å². The molecule has 0 radical (unpaired) electrons. The lowest BCUT2D eigenvalue weighted by Crippen LogP contribution is -2.50. The highest BCUT2D eigenvalue weighted by Crippen LogP contribution is 2.22. The van der Waals surface area contributed by atoms with Crippen molar-refractivity contribution in [2.45, 2.75) is 13.0 Å². The minimum Gasteiger partial charge on any atom is -0.497 e. The van der Waals surface area contributed by atoms with Crippen molar-refractivity contribution in [3.63, 3.8) is 0 Å². The number of nitrogens with zero attached hydrogens (tertiary/aromatic N) is 1. The van der Waals surface area contributed by atoms with Crippen molar-refractivity contribution >= 4 is 17.5 Å². The number of hydrogen-bond acceptors (Lipinski definition) is 4. The fourth-order valence-electron chi connectivity index (χ4n) is 2.89. The number of benzene rings is 2. The zero-order valence-electron chi connectivity index (χ0n) is 14.9. The van der Waals surface area contributed by atoms with E-state index in [9.17, 15) is 9.59 Å². The van der Waals surface area contributed by atoms with E-state index in [0.717, 1.165) is 17.0 Å². The predicted octanol–water partition coefficient (Wildman–Crippen LogP) is 2.17. The van der Waals surface area contributed by atoms with E-state index in [-0.39, 0.29) is 24.5 Å². The van der Waals surface area contributed by atoms with E-state index in [2.05, 4.69) is 5.32 Å². The molecule has 2 aromatic carbocycles. The molecule has 1 saturated heterocycles. The molecule has 2 aromatic rings. The topological polar surface area (TPSA) is 67.9 Å². The van der Waals surface area contributed by atoms with Crippen LogP contribution in [-0.2, 0) is 9.53 Å². The first-order valence-electron chi connectivity index (χ1n) is 8.48. The second-order valence-electron chi connectivity index (χ2n) is 6.16. The van der Waals surface area contributed by atoms with E-state index in [1.165, 1.54) is 0 Å². The molecule has 0 spiro atoms. The van der Waals surface area contributed by atoms with Crippen LogP contribution in [0, 0.1) is 6.92 Å². The summed E-state index contributed by atoms with van der Waals surface area (Å²) in [6, 6.07) is 14.7. The number of amides is 2. The first-order chi connectivity index (χ1) is 12.6. The number of carbonyl (C=O) groups is 2. The van der Waals surface area contributed by atoms with Crippen LogP contribution in [-0.4, -0.2) is 44.7 Å². The Bertz CT molecular complexity index is 789. The molecule has 3 rings (SSSR count). The molecule has 136 valence electrons. The van der Waals surface area contributed by atoms with Gasteiger partial charge in [-0.15, -0.1) is 0 Å². The average Bonchev–Trinajstić information content (AvgIpc) is 2.67. The average molecular weight is 354 g/mol. The number of methoxy groups -OCH3 is 1. The Kier molecular flexibility index (Phi) is 5.53. The van der Waals surface area contributed by atoms with Gasteiger partial charge in [-0.3, -0.25) is 9.59 Å². The quantitative estimate of drug-likeness (QED) is 0.894. The third-order valence-electron chi connectivity index (χ3n) is 4.39. The van der Waals surface area contributed by atoms with Gasteiger partial charge in [0.15, 0.2) is 0 Å². The number of carbonyl (C=O) groups excluding carboxylic acids is 2. The first kappa shape index (κ1) is 17.9. The molecule has 6 nitrogen and oxygen atoms in total. The van der Waals surface area contributed by atoms with Crippen LogP contribution in [0.4, 0.5) is 5.69 Å². The highest BCUT2D eigenvalue weighted by Gasteiger charge is 2.27. The summed E-state index contributed by atoms with van der Waals surface area (Å²) in [6.45, 7) is 2.62. The molecule has 2 amide bonds. The van der Waals surface area contributed by atoms with E-state index < -0.39 is 0 Å². The van der Waals surface area contributed by atoms with Crippen LogP contribution < -0.4 is 15.0 Å². The number of hydrogen-bond donors (Lipinski definition) is 1. The highest BCUT2D eigenvalue weighted by molar-refractivity contribution is 5.96. The monoisotopic (exact) mass is 354 g/mol. The molecule has 1 N–H and O–H groups in total. The Balaban J connectivity index is 1.61. The molecule has 1 aliphatic heterocycles. The van der Waals surface area contributed by atoms with E-state index in [0.29, 0.717) is 18.7 Å². The van der Waals surface area contributed by atoms with Gasteiger partial charge in [0.05, 0.1) is 19.8 Å². The van der Waals surface area contributed by atoms with Crippen LogP contribution in [0.25, 0.3) is 0 Å². The SMILES string of the molecule is COc1ccc(N2CC(CNC(=O)c3ccccc3C)OCC2=O)cc1. The van der Waals surface area contributed by atoms with Crippen LogP contribution in [0.2, 0.25) is 0 Å². The van der Waals surface area contributed by atoms with Gasteiger partial charge < -0.3 is 19.7 Å². The summed E-state index contributed by atoms with van der Waals surface area (Å²) in [4.78, 5) is 26.2. The second-order valence-corrected chi connectivity index (χ2v) is 6.16. The smallest absolute Gasteiger partial charge is 0.253 e. The molecule has 0 aliphatic carbocycles. The van der Waals surface area contributed by atoms with Crippen molar-refractivity contribution < 1.29 is 19.1 Å². The maximum absolute atomic E-state index is 12.3. The molecule has 1 heterocycles. The summed E-state index contributed by atoms with van der Waals surface area (Å²) in [6.07, 6.45) is -0.261. The molecule has 26 heavy (non-hydrogen) atoms. The number of aryl methyl sites for hydroxylation is 1. The number of nitrogens with one attached hydrogen (secondary N) is 1. The van der Waals surface area contributed by atoms with Crippen molar-refractivity contribution in [2.75, 3.05) is 31.7 Å². The second kappa shape index (κ2) is 8.01. The molecule has 1 fully saturated rings. The van der Waals surface area contributed by atoms with Crippen LogP contribution >= 0.6 is 0 Å². The Morgan fingerprint density at radius 1 is 1.23 bits per heavy atom. The normalized spacial score (nSPS) is 17.1. The lowest BCUT2D eigenvalue weighted by atomic mass is 10.1. The summed E-state index contributed by atoms with van der Waals surface area (Å²) in [7, 11) is 1.60. The van der Waals surface area contributed by atoms with Gasteiger partial charge in [0.1, 0.15) is 12.4 Å². The molecule has 0 aromatic heterocycles. The lowest BCUT2D eigenvalue weighted by Gasteiger charge is -2.33. The lowest BCUT2D eigenvalue weighted by molar-refractivity contribution is -0.129. The van der Waals surface area contributed by atoms with Gasteiger partial charge in [0.2, 0.25) is 0 Å². The largest absolute Gasteiger partial charge is 0.497 e. The van der Waals surface area contributed by atoms with Crippen LogP contribution in [0.1, 0.15) is 15.9 Å². The summed E-state index contributed by atoms with van der Waals surface area (Å²) < 4.78 is 10.7. The van der Waals surface area contributed by atoms with Gasteiger partial charge in [-0.05, 0) is 42.8 Å². The van der Waals surface area contributed by atoms with Gasteiger partial charge in [-0.2, -0.15) is 0 Å². The summed E-state index contributed by atoms with van der Waals surface area (Å²) in [5, 5.41) is 2.89. The van der Waals surface area contributed by atoms with Crippen molar-refractivity contribution in [1.82, 2.24) is 5.32 Å². The van der Waals surface area contributed by atoms with Gasteiger partial charge in [-0.25, -0.2) is 0 Å². The molecule has 1 unspecified atom stereocenters. The first-order valence-corrected chi connectivity index (χ1v) is 8.48. The fourth-order valence-corrected chi connectivity index (χ4v) is 2.89. The van der Waals surface area contributed by atoms with Gasteiger partial charge in [-0.1, -0.05) is 18.2 Å². The number of anilines is 1. The summed E-state index contributed by atoms with van der Waals surface area (Å²) in [5.41, 5.74) is 2.35. The standard InChI is InChI=1S/C20H22N2O4/c1-14-5-3-4-6-18(14)20(24)21-11-17-12-22(19(23)13-26-17)15-7-9-16(25-2)10-8-15/h3-10,17H,11-13H2,1-2H3,(H,21,24). The van der Waals surface area contributed by atoms with Gasteiger partial charge in [0, 0.05) is 17.8 Å². The summed E-state index contributed by atoms with van der Waals surface area (Å²) >= 11 is 0. The van der Waals surface area contributed by atoms with Crippen molar-refractivity contribution in [2.24, 2.45) is 0 Å². The van der Waals surface area contributed by atoms with Crippen molar-refractivity contribution in [1.29, 1.82) is 0 Å². The van der Waals surface area contributed by atoms with Crippen molar-refractivity contribution in [3.8, 4) is 5.75 Å². The van der Waals surface area contributed by atoms with E-state index >= 15 is 0 Å². The molecular formula is C20H22N2O4.